The average Bonchev–Trinajstić information content (AvgIpc) is 2.47. The van der Waals surface area contributed by atoms with Crippen molar-refractivity contribution in [2.45, 2.75) is 18.4 Å². The van der Waals surface area contributed by atoms with Crippen molar-refractivity contribution >= 4 is 27.4 Å². The van der Waals surface area contributed by atoms with Crippen LogP contribution in [-0.2, 0) is 16.6 Å². The van der Waals surface area contributed by atoms with Crippen LogP contribution < -0.4 is 10.0 Å². The Bertz CT molecular complexity index is 720. The summed E-state index contributed by atoms with van der Waals surface area (Å²) in [5.41, 5.74) is 0.719. The summed E-state index contributed by atoms with van der Waals surface area (Å²) < 4.78 is 27.3. The topological polar surface area (TPSA) is 71.1 Å². The molecular formula is C14H16ClN3O2S. The molecule has 5 nitrogen and oxygen atoms in total. The van der Waals surface area contributed by atoms with E-state index in [2.05, 4.69) is 15.0 Å². The number of pyridine rings is 1. The number of hydrogen-bond donors (Lipinski definition) is 2. The first-order valence-electron chi connectivity index (χ1n) is 6.46. The largest absolute Gasteiger partial charge is 0.369 e. The number of halogens is 1. The molecule has 0 radical (unpaired) electrons. The maximum Gasteiger partial charge on any atom is 0.244 e. The van der Waals surface area contributed by atoms with Crippen LogP contribution in [0.2, 0.25) is 5.02 Å². The van der Waals surface area contributed by atoms with Crippen molar-refractivity contribution < 1.29 is 8.42 Å². The van der Waals surface area contributed by atoms with E-state index >= 15 is 0 Å². The van der Waals surface area contributed by atoms with Crippen molar-refractivity contribution in [1.29, 1.82) is 0 Å². The first-order chi connectivity index (χ1) is 10.0. The minimum absolute atomic E-state index is 0.124. The van der Waals surface area contributed by atoms with Gasteiger partial charge in [0.2, 0.25) is 10.0 Å². The first-order valence-corrected chi connectivity index (χ1v) is 8.32. The van der Waals surface area contributed by atoms with Gasteiger partial charge in [-0.3, -0.25) is 0 Å². The number of sulfonamides is 1. The van der Waals surface area contributed by atoms with Crippen LogP contribution in [0.1, 0.15) is 12.5 Å². The fourth-order valence-corrected chi connectivity index (χ4v) is 3.14. The summed E-state index contributed by atoms with van der Waals surface area (Å²) in [4.78, 5) is 4.17. The Morgan fingerprint density at radius 1 is 1.19 bits per heavy atom. The van der Waals surface area contributed by atoms with Gasteiger partial charge in [0, 0.05) is 24.3 Å². The normalized spacial score (nSPS) is 11.3. The molecule has 2 N–H and O–H groups in total. The summed E-state index contributed by atoms with van der Waals surface area (Å²) >= 11 is 6.02. The molecule has 2 aromatic rings. The highest BCUT2D eigenvalue weighted by molar-refractivity contribution is 7.89. The van der Waals surface area contributed by atoms with E-state index in [0.29, 0.717) is 17.4 Å². The zero-order valence-electron chi connectivity index (χ0n) is 11.5. The van der Waals surface area contributed by atoms with E-state index in [1.807, 2.05) is 13.0 Å². The lowest BCUT2D eigenvalue weighted by atomic mass is 10.2. The second kappa shape index (κ2) is 6.89. The van der Waals surface area contributed by atoms with E-state index in [1.54, 1.807) is 30.5 Å². The van der Waals surface area contributed by atoms with Crippen LogP contribution in [0.15, 0.2) is 47.5 Å². The molecule has 0 fully saturated rings. The van der Waals surface area contributed by atoms with Gasteiger partial charge >= 0.3 is 0 Å². The SMILES string of the molecule is CCNc1ncccc1S(=O)(=O)NCc1ccccc1Cl. The van der Waals surface area contributed by atoms with Crippen molar-refractivity contribution in [3.8, 4) is 0 Å². The molecular weight excluding hydrogens is 310 g/mol. The summed E-state index contributed by atoms with van der Waals surface area (Å²) in [6.07, 6.45) is 1.55. The molecule has 7 heteroatoms. The molecule has 1 aromatic carbocycles. The summed E-state index contributed by atoms with van der Waals surface area (Å²) in [6.45, 7) is 2.59. The van der Waals surface area contributed by atoms with Crippen LogP contribution in [0.25, 0.3) is 0 Å². The molecule has 0 spiro atoms. The quantitative estimate of drug-likeness (QED) is 0.856. The fourth-order valence-electron chi connectivity index (χ4n) is 1.80. The number of hydrogen-bond acceptors (Lipinski definition) is 4. The molecule has 0 saturated heterocycles. The Hall–Kier alpha value is -1.63. The molecule has 1 heterocycles. The highest BCUT2D eigenvalue weighted by atomic mass is 35.5. The lowest BCUT2D eigenvalue weighted by molar-refractivity contribution is 0.581. The lowest BCUT2D eigenvalue weighted by Gasteiger charge is -2.11. The molecule has 1 aromatic heterocycles. The molecule has 21 heavy (non-hydrogen) atoms. The van der Waals surface area contributed by atoms with Gasteiger partial charge in [0.25, 0.3) is 0 Å². The maximum atomic E-state index is 12.4. The third-order valence-corrected chi connectivity index (χ3v) is 4.62. The molecule has 112 valence electrons. The van der Waals surface area contributed by atoms with Crippen LogP contribution in [0.4, 0.5) is 5.82 Å². The van der Waals surface area contributed by atoms with Crippen LogP contribution in [0.5, 0.6) is 0 Å². The summed E-state index contributed by atoms with van der Waals surface area (Å²) in [5, 5.41) is 3.46. The van der Waals surface area contributed by atoms with Crippen molar-refractivity contribution in [3.05, 3.63) is 53.2 Å². The van der Waals surface area contributed by atoms with Crippen molar-refractivity contribution in [2.24, 2.45) is 0 Å². The summed E-state index contributed by atoms with van der Waals surface area (Å²) in [7, 11) is -3.66. The number of rotatable bonds is 6. The molecule has 0 aliphatic heterocycles. The minimum atomic E-state index is -3.66. The van der Waals surface area contributed by atoms with Crippen LogP contribution in [-0.4, -0.2) is 19.9 Å². The third-order valence-electron chi connectivity index (χ3n) is 2.81. The average molecular weight is 326 g/mol. The van der Waals surface area contributed by atoms with Gasteiger partial charge in [0.05, 0.1) is 0 Å². The Morgan fingerprint density at radius 2 is 1.95 bits per heavy atom. The van der Waals surface area contributed by atoms with Crippen molar-refractivity contribution in [3.63, 3.8) is 0 Å². The van der Waals surface area contributed by atoms with E-state index in [9.17, 15) is 8.42 Å². The standard InChI is InChI=1S/C14H16ClN3O2S/c1-2-16-14-13(8-5-9-17-14)21(19,20)18-10-11-6-3-4-7-12(11)15/h3-9,18H,2,10H2,1H3,(H,16,17). The van der Waals surface area contributed by atoms with Crippen LogP contribution in [0.3, 0.4) is 0 Å². The molecule has 0 aliphatic rings. The van der Waals surface area contributed by atoms with E-state index in [0.717, 1.165) is 5.56 Å². The lowest BCUT2D eigenvalue weighted by Crippen LogP contribution is -2.24. The zero-order valence-corrected chi connectivity index (χ0v) is 13.1. The smallest absolute Gasteiger partial charge is 0.244 e. The number of anilines is 1. The Balaban J connectivity index is 2.21. The van der Waals surface area contributed by atoms with E-state index in [1.165, 1.54) is 6.07 Å². The van der Waals surface area contributed by atoms with Crippen molar-refractivity contribution in [2.75, 3.05) is 11.9 Å². The number of nitrogens with zero attached hydrogens (tertiary/aromatic N) is 1. The van der Waals surface area contributed by atoms with Crippen molar-refractivity contribution in [1.82, 2.24) is 9.71 Å². The van der Waals surface area contributed by atoms with Crippen LogP contribution in [0, 0.1) is 0 Å². The molecule has 0 aliphatic carbocycles. The minimum Gasteiger partial charge on any atom is -0.369 e. The molecule has 2 rings (SSSR count). The summed E-state index contributed by atoms with van der Waals surface area (Å²) in [5.74, 6) is 0.339. The van der Waals surface area contributed by atoms with Gasteiger partial charge in [-0.2, -0.15) is 0 Å². The molecule has 0 amide bonds. The monoisotopic (exact) mass is 325 g/mol. The fraction of sp³-hybridized carbons (Fsp3) is 0.214. The predicted molar refractivity (Wildman–Crippen MR) is 83.9 cm³/mol. The van der Waals surface area contributed by atoms with Gasteiger partial charge in [0.1, 0.15) is 10.7 Å². The van der Waals surface area contributed by atoms with Gasteiger partial charge < -0.3 is 5.32 Å². The first kappa shape index (κ1) is 15.8. The predicted octanol–water partition coefficient (Wildman–Crippen LogP) is 2.65. The number of nitrogens with one attached hydrogen (secondary N) is 2. The Morgan fingerprint density at radius 3 is 2.67 bits per heavy atom. The molecule has 0 unspecified atom stereocenters. The highest BCUT2D eigenvalue weighted by Gasteiger charge is 2.19. The van der Waals surface area contributed by atoms with Gasteiger partial charge in [-0.25, -0.2) is 18.1 Å². The third kappa shape index (κ3) is 3.93. The number of aromatic nitrogens is 1. The van der Waals surface area contributed by atoms with Gasteiger partial charge in [-0.1, -0.05) is 29.8 Å². The summed E-state index contributed by atoms with van der Waals surface area (Å²) in [6, 6.07) is 10.2. The number of benzene rings is 1. The second-order valence-electron chi connectivity index (χ2n) is 4.30. The second-order valence-corrected chi connectivity index (χ2v) is 6.44. The molecule has 0 bridgehead atoms. The molecule has 0 atom stereocenters. The Kier molecular flexibility index (Phi) is 5.17. The van der Waals surface area contributed by atoms with Gasteiger partial charge in [-0.15, -0.1) is 0 Å². The maximum absolute atomic E-state index is 12.4. The van der Waals surface area contributed by atoms with E-state index in [-0.39, 0.29) is 11.4 Å². The van der Waals surface area contributed by atoms with Gasteiger partial charge in [-0.05, 0) is 30.7 Å². The van der Waals surface area contributed by atoms with Crippen LogP contribution >= 0.6 is 11.6 Å². The van der Waals surface area contributed by atoms with E-state index < -0.39 is 10.0 Å². The molecule has 0 saturated carbocycles. The highest BCUT2D eigenvalue weighted by Crippen LogP contribution is 2.19. The Labute approximate surface area is 129 Å². The zero-order chi connectivity index (χ0) is 15.3. The van der Waals surface area contributed by atoms with E-state index in [4.69, 9.17) is 11.6 Å². The van der Waals surface area contributed by atoms with Gasteiger partial charge in [0.15, 0.2) is 0 Å².